The van der Waals surface area contributed by atoms with E-state index >= 15 is 0 Å². The highest BCUT2D eigenvalue weighted by molar-refractivity contribution is 7.89. The minimum Gasteiger partial charge on any atom is -0.497 e. The number of carbonyl (C=O) groups excluding carboxylic acids is 1. The first-order valence-electron chi connectivity index (χ1n) is 13.6. The van der Waals surface area contributed by atoms with Gasteiger partial charge < -0.3 is 19.3 Å². The second-order valence-electron chi connectivity index (χ2n) is 10.8. The van der Waals surface area contributed by atoms with E-state index in [0.717, 1.165) is 57.4 Å². The first-order valence-corrected chi connectivity index (χ1v) is 15.1. The molecule has 1 amide bonds. The number of aryl methyl sites for hydroxylation is 2. The summed E-state index contributed by atoms with van der Waals surface area (Å²) in [6.45, 7) is 7.07. The van der Waals surface area contributed by atoms with Gasteiger partial charge in [0.05, 0.1) is 18.6 Å². The number of piperazine rings is 1. The van der Waals surface area contributed by atoms with Crippen LogP contribution < -0.4 is 4.74 Å². The van der Waals surface area contributed by atoms with Crippen LogP contribution >= 0.6 is 0 Å². The van der Waals surface area contributed by atoms with Gasteiger partial charge in [-0.3, -0.25) is 9.69 Å². The van der Waals surface area contributed by atoms with E-state index in [1.165, 1.54) is 10.7 Å². The number of likely N-dealkylation sites (N-methyl/N-ethyl adjacent to an activating group) is 2. The summed E-state index contributed by atoms with van der Waals surface area (Å²) in [5.41, 5.74) is 1.50. The van der Waals surface area contributed by atoms with Crippen LogP contribution in [0.5, 0.6) is 5.75 Å². The SMILES string of the molecule is COc1cc(C)c2c(c1)CCCN(CCOCC(=O)N(C)[C@H]1CCC[C@@H](N3CCN(C)CC3)C1)S2(=O)=O. The molecule has 37 heavy (non-hydrogen) atoms. The molecule has 1 saturated heterocycles. The fourth-order valence-electron chi connectivity index (χ4n) is 6.05. The second-order valence-corrected chi connectivity index (χ2v) is 12.7. The number of amides is 1. The lowest BCUT2D eigenvalue weighted by Crippen LogP contribution is -2.52. The Bertz CT molecular complexity index is 1040. The van der Waals surface area contributed by atoms with E-state index in [-0.39, 0.29) is 31.7 Å². The number of methoxy groups -OCH3 is 1. The fraction of sp³-hybridized carbons (Fsp3) is 0.741. The monoisotopic (exact) mass is 536 g/mol. The van der Waals surface area contributed by atoms with Crippen LogP contribution in [0.2, 0.25) is 0 Å². The van der Waals surface area contributed by atoms with Crippen molar-refractivity contribution in [2.75, 3.05) is 73.7 Å². The maximum atomic E-state index is 13.4. The van der Waals surface area contributed by atoms with Gasteiger partial charge in [0.1, 0.15) is 12.4 Å². The number of benzene rings is 1. The Balaban J connectivity index is 1.27. The molecule has 0 radical (unpaired) electrons. The second kappa shape index (κ2) is 12.4. The van der Waals surface area contributed by atoms with E-state index in [2.05, 4.69) is 16.8 Å². The Kier molecular flexibility index (Phi) is 9.50. The molecule has 2 fully saturated rings. The lowest BCUT2D eigenvalue weighted by atomic mass is 9.88. The molecule has 2 aliphatic heterocycles. The molecule has 0 spiro atoms. The maximum absolute atomic E-state index is 13.4. The molecular weight excluding hydrogens is 492 g/mol. The Morgan fingerprint density at radius 2 is 1.86 bits per heavy atom. The third-order valence-electron chi connectivity index (χ3n) is 8.34. The van der Waals surface area contributed by atoms with Crippen LogP contribution in [0.25, 0.3) is 0 Å². The van der Waals surface area contributed by atoms with Gasteiger partial charge in [0, 0.05) is 58.4 Å². The largest absolute Gasteiger partial charge is 0.497 e. The normalized spacial score (nSPS) is 25.3. The number of sulfonamides is 1. The van der Waals surface area contributed by atoms with Crippen molar-refractivity contribution in [3.63, 3.8) is 0 Å². The van der Waals surface area contributed by atoms with E-state index < -0.39 is 10.0 Å². The Hall–Kier alpha value is -1.72. The molecule has 0 unspecified atom stereocenters. The third kappa shape index (κ3) is 6.65. The Morgan fingerprint density at radius 1 is 1.11 bits per heavy atom. The van der Waals surface area contributed by atoms with Crippen LogP contribution in [0.3, 0.4) is 0 Å². The molecule has 2 heterocycles. The van der Waals surface area contributed by atoms with Crippen LogP contribution in [-0.4, -0.2) is 119 Å². The highest BCUT2D eigenvalue weighted by Gasteiger charge is 2.33. The molecule has 4 rings (SSSR count). The van der Waals surface area contributed by atoms with Crippen molar-refractivity contribution in [1.82, 2.24) is 19.0 Å². The number of nitrogens with zero attached hydrogens (tertiary/aromatic N) is 4. The third-order valence-corrected chi connectivity index (χ3v) is 10.5. The van der Waals surface area contributed by atoms with Gasteiger partial charge >= 0.3 is 0 Å². The van der Waals surface area contributed by atoms with Crippen molar-refractivity contribution >= 4 is 15.9 Å². The number of carbonyl (C=O) groups is 1. The number of hydrogen-bond donors (Lipinski definition) is 0. The van der Waals surface area contributed by atoms with Crippen LogP contribution in [0, 0.1) is 6.92 Å². The summed E-state index contributed by atoms with van der Waals surface area (Å²) in [5.74, 6) is 0.648. The molecule has 1 aromatic carbocycles. The average Bonchev–Trinajstić information content (AvgIpc) is 3.01. The van der Waals surface area contributed by atoms with Crippen molar-refractivity contribution in [1.29, 1.82) is 0 Å². The summed E-state index contributed by atoms with van der Waals surface area (Å²) >= 11 is 0. The van der Waals surface area contributed by atoms with Gasteiger partial charge in [-0.05, 0) is 75.8 Å². The van der Waals surface area contributed by atoms with Gasteiger partial charge in [-0.1, -0.05) is 0 Å². The van der Waals surface area contributed by atoms with Gasteiger partial charge in [-0.25, -0.2) is 8.42 Å². The molecule has 2 atom stereocenters. The summed E-state index contributed by atoms with van der Waals surface area (Å²) < 4.78 is 39.4. The molecule has 9 nitrogen and oxygen atoms in total. The highest BCUT2D eigenvalue weighted by atomic mass is 32.2. The summed E-state index contributed by atoms with van der Waals surface area (Å²) in [7, 11) is 2.02. The van der Waals surface area contributed by atoms with Crippen molar-refractivity contribution in [3.8, 4) is 5.75 Å². The van der Waals surface area contributed by atoms with Crippen LogP contribution in [0.1, 0.15) is 43.2 Å². The average molecular weight is 537 g/mol. The lowest BCUT2D eigenvalue weighted by molar-refractivity contribution is -0.138. The molecule has 1 saturated carbocycles. The molecule has 0 N–H and O–H groups in total. The molecule has 1 aromatic rings. The predicted molar refractivity (Wildman–Crippen MR) is 144 cm³/mol. The molecule has 1 aliphatic carbocycles. The zero-order chi connectivity index (χ0) is 26.6. The van der Waals surface area contributed by atoms with Crippen LogP contribution in [0.4, 0.5) is 0 Å². The fourth-order valence-corrected chi connectivity index (χ4v) is 7.95. The van der Waals surface area contributed by atoms with Crippen molar-refractivity contribution < 1.29 is 22.7 Å². The first kappa shape index (κ1) is 28.3. The maximum Gasteiger partial charge on any atom is 0.248 e. The van der Waals surface area contributed by atoms with Crippen molar-refractivity contribution in [2.24, 2.45) is 0 Å². The van der Waals surface area contributed by atoms with Crippen LogP contribution in [0.15, 0.2) is 17.0 Å². The van der Waals surface area contributed by atoms with E-state index in [0.29, 0.717) is 35.2 Å². The molecule has 0 bridgehead atoms. The lowest BCUT2D eigenvalue weighted by Gasteiger charge is -2.43. The zero-order valence-corrected chi connectivity index (χ0v) is 23.8. The summed E-state index contributed by atoms with van der Waals surface area (Å²) in [4.78, 5) is 20.1. The number of rotatable bonds is 8. The van der Waals surface area contributed by atoms with Crippen molar-refractivity contribution in [3.05, 3.63) is 23.3 Å². The summed E-state index contributed by atoms with van der Waals surface area (Å²) in [5, 5.41) is 0. The zero-order valence-electron chi connectivity index (χ0n) is 22.9. The minimum atomic E-state index is -3.63. The van der Waals surface area contributed by atoms with Crippen molar-refractivity contribution in [2.45, 2.75) is 62.4 Å². The topological polar surface area (TPSA) is 82.6 Å². The highest BCUT2D eigenvalue weighted by Crippen LogP contribution is 2.32. The molecular formula is C27H44N4O5S. The Labute approximate surface area is 222 Å². The first-order chi connectivity index (χ1) is 17.7. The van der Waals surface area contributed by atoms with E-state index in [9.17, 15) is 13.2 Å². The van der Waals surface area contributed by atoms with Gasteiger partial charge in [-0.2, -0.15) is 4.31 Å². The Morgan fingerprint density at radius 3 is 2.59 bits per heavy atom. The number of fused-ring (bicyclic) bond motifs is 1. The molecule has 0 aromatic heterocycles. The quantitative estimate of drug-likeness (QED) is 0.470. The van der Waals surface area contributed by atoms with Gasteiger partial charge in [0.25, 0.3) is 0 Å². The smallest absolute Gasteiger partial charge is 0.248 e. The van der Waals surface area contributed by atoms with E-state index in [4.69, 9.17) is 9.47 Å². The van der Waals surface area contributed by atoms with E-state index in [1.54, 1.807) is 13.2 Å². The molecule has 10 heteroatoms. The molecule has 208 valence electrons. The minimum absolute atomic E-state index is 0.0210. The predicted octanol–water partition coefficient (Wildman–Crippen LogP) is 1.97. The number of hydrogen-bond acceptors (Lipinski definition) is 7. The van der Waals surface area contributed by atoms with Crippen LogP contribution in [-0.2, 0) is 26.0 Å². The van der Waals surface area contributed by atoms with Gasteiger partial charge in [0.2, 0.25) is 15.9 Å². The molecule has 3 aliphatic rings. The standard InChI is InChI=1S/C27H44N4O5S/c1-21-17-25(35-4)18-22-7-6-10-31(37(33,34)27(21)22)15-16-36-20-26(32)29(3)23-8-5-9-24(19-23)30-13-11-28(2)12-14-30/h17-18,23-24H,5-16,19-20H2,1-4H3/t23-,24+/m0/s1. The number of ether oxygens (including phenoxy) is 2. The van der Waals surface area contributed by atoms with Gasteiger partial charge in [0.15, 0.2) is 0 Å². The van der Waals surface area contributed by atoms with E-state index in [1.807, 2.05) is 24.9 Å². The summed E-state index contributed by atoms with van der Waals surface area (Å²) in [6.07, 6.45) is 5.81. The summed E-state index contributed by atoms with van der Waals surface area (Å²) in [6, 6.07) is 4.37. The van der Waals surface area contributed by atoms with Gasteiger partial charge in [-0.15, -0.1) is 0 Å².